The molecule has 1 aromatic heterocycles. The van der Waals surface area contributed by atoms with Gasteiger partial charge >= 0.3 is 6.18 Å². The number of hydrogen-bond donors (Lipinski definition) is 0. The molecule has 0 saturated carbocycles. The van der Waals surface area contributed by atoms with Crippen LogP contribution in [0.4, 0.5) is 13.2 Å². The molecule has 98 valence electrons. The van der Waals surface area contributed by atoms with E-state index in [0.717, 1.165) is 12.1 Å². The Morgan fingerprint density at radius 2 is 1.89 bits per heavy atom. The van der Waals surface area contributed by atoms with E-state index in [1.54, 1.807) is 6.07 Å². The fourth-order valence-electron chi connectivity index (χ4n) is 1.74. The number of rotatable bonds is 2. The second-order valence-electron chi connectivity index (χ2n) is 4.16. The number of aromatic nitrogens is 1. The van der Waals surface area contributed by atoms with Gasteiger partial charge < -0.3 is 0 Å². The van der Waals surface area contributed by atoms with E-state index in [2.05, 4.69) is 4.98 Å². The standard InChI is InChI=1S/C14H10F3NO/c1-9-5-11(7-12(6-9)14(15,16)17)13(19)10-3-2-4-18-8-10/h2-8H,1H3. The van der Waals surface area contributed by atoms with Gasteiger partial charge in [-0.2, -0.15) is 13.2 Å². The van der Waals surface area contributed by atoms with Crippen molar-refractivity contribution >= 4 is 5.78 Å². The van der Waals surface area contributed by atoms with Gasteiger partial charge in [0.05, 0.1) is 5.56 Å². The summed E-state index contributed by atoms with van der Waals surface area (Å²) in [5.41, 5.74) is -0.150. The molecular formula is C14H10F3NO. The fraction of sp³-hybridized carbons (Fsp3) is 0.143. The van der Waals surface area contributed by atoms with Crippen LogP contribution in [0.3, 0.4) is 0 Å². The molecule has 0 saturated heterocycles. The van der Waals surface area contributed by atoms with Crippen molar-refractivity contribution in [3.63, 3.8) is 0 Å². The zero-order valence-electron chi connectivity index (χ0n) is 10.0. The molecule has 0 aliphatic carbocycles. The summed E-state index contributed by atoms with van der Waals surface area (Å²) >= 11 is 0. The smallest absolute Gasteiger partial charge is 0.289 e. The minimum Gasteiger partial charge on any atom is -0.289 e. The average Bonchev–Trinajstić information content (AvgIpc) is 2.37. The highest BCUT2D eigenvalue weighted by molar-refractivity contribution is 6.09. The van der Waals surface area contributed by atoms with Crippen molar-refractivity contribution in [2.75, 3.05) is 0 Å². The summed E-state index contributed by atoms with van der Waals surface area (Å²) in [5.74, 6) is -0.470. The van der Waals surface area contributed by atoms with E-state index in [1.807, 2.05) is 0 Å². The van der Waals surface area contributed by atoms with E-state index in [9.17, 15) is 18.0 Å². The fourth-order valence-corrected chi connectivity index (χ4v) is 1.74. The molecule has 19 heavy (non-hydrogen) atoms. The lowest BCUT2D eigenvalue weighted by Crippen LogP contribution is -2.09. The lowest BCUT2D eigenvalue weighted by molar-refractivity contribution is -0.137. The van der Waals surface area contributed by atoms with Crippen LogP contribution in [0.2, 0.25) is 0 Å². The average molecular weight is 265 g/mol. The molecule has 2 nitrogen and oxygen atoms in total. The molecule has 1 aromatic carbocycles. The molecule has 0 fully saturated rings. The number of aryl methyl sites for hydroxylation is 1. The zero-order chi connectivity index (χ0) is 14.0. The van der Waals surface area contributed by atoms with Crippen LogP contribution in [0.25, 0.3) is 0 Å². The number of halogens is 3. The molecule has 1 heterocycles. The molecular weight excluding hydrogens is 255 g/mol. The van der Waals surface area contributed by atoms with Crippen molar-refractivity contribution in [3.8, 4) is 0 Å². The van der Waals surface area contributed by atoms with Gasteiger partial charge in [0, 0.05) is 23.5 Å². The van der Waals surface area contributed by atoms with Crippen LogP contribution >= 0.6 is 0 Å². The van der Waals surface area contributed by atoms with Gasteiger partial charge in [0.15, 0.2) is 5.78 Å². The van der Waals surface area contributed by atoms with Crippen molar-refractivity contribution < 1.29 is 18.0 Å². The summed E-state index contributed by atoms with van der Waals surface area (Å²) < 4.78 is 38.1. The Bertz CT molecular complexity index is 606. The van der Waals surface area contributed by atoms with Crippen molar-refractivity contribution in [2.24, 2.45) is 0 Å². The van der Waals surface area contributed by atoms with E-state index in [1.165, 1.54) is 31.5 Å². The molecule has 0 aliphatic rings. The Morgan fingerprint density at radius 1 is 1.16 bits per heavy atom. The van der Waals surface area contributed by atoms with Gasteiger partial charge in [-0.05, 0) is 42.8 Å². The number of hydrogen-bond acceptors (Lipinski definition) is 2. The van der Waals surface area contributed by atoms with Gasteiger partial charge in [0.1, 0.15) is 0 Å². The van der Waals surface area contributed by atoms with Crippen LogP contribution in [0.1, 0.15) is 27.0 Å². The Hall–Kier alpha value is -2.17. The van der Waals surface area contributed by atoms with Gasteiger partial charge in [-0.15, -0.1) is 0 Å². The SMILES string of the molecule is Cc1cc(C(=O)c2cccnc2)cc(C(F)(F)F)c1. The van der Waals surface area contributed by atoms with Crippen LogP contribution < -0.4 is 0 Å². The van der Waals surface area contributed by atoms with Crippen LogP contribution in [-0.4, -0.2) is 10.8 Å². The second-order valence-corrected chi connectivity index (χ2v) is 4.16. The number of pyridine rings is 1. The molecule has 5 heteroatoms. The lowest BCUT2D eigenvalue weighted by atomic mass is 10.00. The maximum Gasteiger partial charge on any atom is 0.416 e. The molecule has 0 N–H and O–H groups in total. The van der Waals surface area contributed by atoms with E-state index < -0.39 is 17.5 Å². The number of carbonyl (C=O) groups is 1. The first-order chi connectivity index (χ1) is 8.88. The first-order valence-corrected chi connectivity index (χ1v) is 5.51. The van der Waals surface area contributed by atoms with Crippen LogP contribution in [0, 0.1) is 6.92 Å². The van der Waals surface area contributed by atoms with Gasteiger partial charge in [-0.3, -0.25) is 9.78 Å². The van der Waals surface area contributed by atoms with Crippen LogP contribution in [-0.2, 0) is 6.18 Å². The Labute approximate surface area is 107 Å². The second kappa shape index (κ2) is 4.84. The summed E-state index contributed by atoms with van der Waals surface area (Å²) in [5, 5.41) is 0. The monoisotopic (exact) mass is 265 g/mol. The molecule has 2 aromatic rings. The summed E-state index contributed by atoms with van der Waals surface area (Å²) in [7, 11) is 0. The number of nitrogens with zero attached hydrogens (tertiary/aromatic N) is 1. The highest BCUT2D eigenvalue weighted by atomic mass is 19.4. The highest BCUT2D eigenvalue weighted by Gasteiger charge is 2.31. The van der Waals surface area contributed by atoms with Crippen LogP contribution in [0.5, 0.6) is 0 Å². The highest BCUT2D eigenvalue weighted by Crippen LogP contribution is 2.31. The number of carbonyl (C=O) groups excluding carboxylic acids is 1. The predicted octanol–water partition coefficient (Wildman–Crippen LogP) is 3.64. The minimum absolute atomic E-state index is 0.0142. The summed E-state index contributed by atoms with van der Waals surface area (Å²) in [6, 6.07) is 6.39. The van der Waals surface area contributed by atoms with Crippen molar-refractivity contribution in [1.82, 2.24) is 4.98 Å². The van der Waals surface area contributed by atoms with E-state index >= 15 is 0 Å². The van der Waals surface area contributed by atoms with Gasteiger partial charge in [-0.1, -0.05) is 0 Å². The number of benzene rings is 1. The predicted molar refractivity (Wildman–Crippen MR) is 63.9 cm³/mol. The Morgan fingerprint density at radius 3 is 2.47 bits per heavy atom. The van der Waals surface area contributed by atoms with Gasteiger partial charge in [-0.25, -0.2) is 0 Å². The molecule has 0 radical (unpaired) electrons. The van der Waals surface area contributed by atoms with E-state index in [4.69, 9.17) is 0 Å². The maximum absolute atomic E-state index is 12.7. The first kappa shape index (κ1) is 13.3. The normalized spacial score (nSPS) is 11.4. The van der Waals surface area contributed by atoms with Crippen molar-refractivity contribution in [1.29, 1.82) is 0 Å². The van der Waals surface area contributed by atoms with Gasteiger partial charge in [0.25, 0.3) is 0 Å². The summed E-state index contributed by atoms with van der Waals surface area (Å²) in [6.45, 7) is 1.52. The molecule has 0 bridgehead atoms. The van der Waals surface area contributed by atoms with Gasteiger partial charge in [0.2, 0.25) is 0 Å². The third-order valence-electron chi connectivity index (χ3n) is 2.59. The first-order valence-electron chi connectivity index (χ1n) is 5.51. The third-order valence-corrected chi connectivity index (χ3v) is 2.59. The molecule has 0 amide bonds. The van der Waals surface area contributed by atoms with Crippen LogP contribution in [0.15, 0.2) is 42.7 Å². The molecule has 0 atom stereocenters. The summed E-state index contributed by atoms with van der Waals surface area (Å²) in [4.78, 5) is 15.9. The molecule has 0 aliphatic heterocycles. The largest absolute Gasteiger partial charge is 0.416 e. The molecule has 0 spiro atoms. The topological polar surface area (TPSA) is 30.0 Å². The Balaban J connectivity index is 2.46. The lowest BCUT2D eigenvalue weighted by Gasteiger charge is -2.10. The van der Waals surface area contributed by atoms with E-state index in [-0.39, 0.29) is 11.1 Å². The minimum atomic E-state index is -4.46. The molecule has 2 rings (SSSR count). The zero-order valence-corrected chi connectivity index (χ0v) is 10.0. The number of ketones is 1. The number of alkyl halides is 3. The Kier molecular flexibility index (Phi) is 3.38. The quantitative estimate of drug-likeness (QED) is 0.776. The van der Waals surface area contributed by atoms with E-state index in [0.29, 0.717) is 5.56 Å². The van der Waals surface area contributed by atoms with Crippen molar-refractivity contribution in [2.45, 2.75) is 13.1 Å². The summed E-state index contributed by atoms with van der Waals surface area (Å²) in [6.07, 6.45) is -1.64. The third kappa shape index (κ3) is 2.99. The maximum atomic E-state index is 12.7. The molecule has 0 unspecified atom stereocenters. The van der Waals surface area contributed by atoms with Crippen molar-refractivity contribution in [3.05, 3.63) is 65.0 Å².